The van der Waals surface area contributed by atoms with E-state index in [1.807, 2.05) is 24.2 Å². The Morgan fingerprint density at radius 1 is 1.24 bits per heavy atom. The van der Waals surface area contributed by atoms with Gasteiger partial charge in [0.15, 0.2) is 0 Å². The van der Waals surface area contributed by atoms with Gasteiger partial charge in [0.2, 0.25) is 0 Å². The molecule has 1 aromatic carbocycles. The first-order valence-corrected chi connectivity index (χ1v) is 8.60. The first-order valence-electron chi connectivity index (χ1n) is 7.61. The van der Waals surface area contributed by atoms with Gasteiger partial charge in [0, 0.05) is 30.4 Å². The summed E-state index contributed by atoms with van der Waals surface area (Å²) in [5.41, 5.74) is 1.34. The molecule has 0 unspecified atom stereocenters. The molecule has 2 aromatic rings. The maximum atomic E-state index is 4.41. The van der Waals surface area contributed by atoms with Crippen LogP contribution in [-0.4, -0.2) is 16.1 Å². The van der Waals surface area contributed by atoms with Crippen molar-refractivity contribution in [2.75, 3.05) is 6.54 Å². The Kier molecular flexibility index (Phi) is 6.33. The molecule has 0 amide bonds. The molecule has 4 heteroatoms. The Hall–Kier alpha value is -1.26. The molecule has 0 atom stereocenters. The number of nitrogens with zero attached hydrogens (tertiary/aromatic N) is 2. The number of imidazole rings is 1. The zero-order valence-corrected chi connectivity index (χ0v) is 14.0. The molecule has 0 aliphatic heterocycles. The van der Waals surface area contributed by atoms with Crippen molar-refractivity contribution in [1.29, 1.82) is 0 Å². The standard InChI is InChI=1S/C17H25N3S/c1-4-20-10-9-19-17(20)13-21-16-7-5-15(6-8-16)12-18-11-14(2)3/h5-10,14,18H,4,11-13H2,1-3H3. The van der Waals surface area contributed by atoms with Crippen molar-refractivity contribution < 1.29 is 0 Å². The SMILES string of the molecule is CCn1ccnc1CSc1ccc(CNCC(C)C)cc1. The van der Waals surface area contributed by atoms with Crippen LogP contribution < -0.4 is 5.32 Å². The molecule has 0 saturated carbocycles. The fourth-order valence-corrected chi connectivity index (χ4v) is 2.99. The van der Waals surface area contributed by atoms with Gasteiger partial charge in [-0.05, 0) is 37.1 Å². The predicted octanol–water partition coefficient (Wildman–Crippen LogP) is 3.94. The lowest BCUT2D eigenvalue weighted by Gasteiger charge is -2.08. The van der Waals surface area contributed by atoms with Crippen molar-refractivity contribution in [2.45, 2.75) is 44.5 Å². The molecular formula is C17H25N3S. The number of hydrogen-bond acceptors (Lipinski definition) is 3. The third kappa shape index (κ3) is 5.21. The van der Waals surface area contributed by atoms with E-state index < -0.39 is 0 Å². The second-order valence-electron chi connectivity index (χ2n) is 5.59. The summed E-state index contributed by atoms with van der Waals surface area (Å²) in [4.78, 5) is 5.71. The Labute approximate surface area is 132 Å². The van der Waals surface area contributed by atoms with Crippen molar-refractivity contribution in [3.05, 3.63) is 48.0 Å². The van der Waals surface area contributed by atoms with Crippen LogP contribution in [-0.2, 0) is 18.8 Å². The van der Waals surface area contributed by atoms with E-state index in [1.54, 1.807) is 0 Å². The van der Waals surface area contributed by atoms with Crippen LogP contribution in [0.5, 0.6) is 0 Å². The van der Waals surface area contributed by atoms with E-state index in [9.17, 15) is 0 Å². The molecule has 21 heavy (non-hydrogen) atoms. The van der Waals surface area contributed by atoms with Gasteiger partial charge in [-0.2, -0.15) is 0 Å². The lowest BCUT2D eigenvalue weighted by atomic mass is 10.2. The highest BCUT2D eigenvalue weighted by Crippen LogP contribution is 2.22. The summed E-state index contributed by atoms with van der Waals surface area (Å²) in [7, 11) is 0. The van der Waals surface area contributed by atoms with E-state index in [0.29, 0.717) is 5.92 Å². The molecule has 2 rings (SSSR count). The second-order valence-corrected chi connectivity index (χ2v) is 6.64. The zero-order valence-electron chi connectivity index (χ0n) is 13.2. The quantitative estimate of drug-likeness (QED) is 0.749. The summed E-state index contributed by atoms with van der Waals surface area (Å²) >= 11 is 1.84. The molecular weight excluding hydrogens is 278 g/mol. The molecule has 0 radical (unpaired) electrons. The minimum Gasteiger partial charge on any atom is -0.335 e. The minimum absolute atomic E-state index is 0.696. The van der Waals surface area contributed by atoms with Crippen molar-refractivity contribution >= 4 is 11.8 Å². The van der Waals surface area contributed by atoms with E-state index in [1.165, 1.54) is 10.5 Å². The van der Waals surface area contributed by atoms with Crippen molar-refractivity contribution in [2.24, 2.45) is 5.92 Å². The average molecular weight is 303 g/mol. The number of rotatable bonds is 8. The summed E-state index contributed by atoms with van der Waals surface area (Å²) in [6, 6.07) is 8.83. The molecule has 0 aliphatic carbocycles. The third-order valence-corrected chi connectivity index (χ3v) is 4.32. The van der Waals surface area contributed by atoms with Crippen molar-refractivity contribution in [1.82, 2.24) is 14.9 Å². The van der Waals surface area contributed by atoms with E-state index in [-0.39, 0.29) is 0 Å². The summed E-state index contributed by atoms with van der Waals surface area (Å²) < 4.78 is 2.19. The maximum Gasteiger partial charge on any atom is 0.119 e. The van der Waals surface area contributed by atoms with Gasteiger partial charge >= 0.3 is 0 Å². The summed E-state index contributed by atoms with van der Waals surface area (Å²) in [6.45, 7) is 9.60. The molecule has 1 N–H and O–H groups in total. The summed E-state index contributed by atoms with van der Waals surface area (Å²) in [5, 5.41) is 3.47. The van der Waals surface area contributed by atoms with Crippen molar-refractivity contribution in [3.8, 4) is 0 Å². The summed E-state index contributed by atoms with van der Waals surface area (Å²) in [5.74, 6) is 2.76. The van der Waals surface area contributed by atoms with Crippen LogP contribution in [0.15, 0.2) is 41.6 Å². The first kappa shape index (κ1) is 16.1. The number of aromatic nitrogens is 2. The van der Waals surface area contributed by atoms with Crippen LogP contribution in [0.25, 0.3) is 0 Å². The Balaban J connectivity index is 1.82. The highest BCUT2D eigenvalue weighted by molar-refractivity contribution is 7.98. The van der Waals surface area contributed by atoms with Gasteiger partial charge in [-0.15, -0.1) is 11.8 Å². The molecule has 3 nitrogen and oxygen atoms in total. The number of hydrogen-bond donors (Lipinski definition) is 1. The van der Waals surface area contributed by atoms with Gasteiger partial charge in [0.25, 0.3) is 0 Å². The van der Waals surface area contributed by atoms with Crippen LogP contribution >= 0.6 is 11.8 Å². The summed E-state index contributed by atoms with van der Waals surface area (Å²) in [6.07, 6.45) is 3.92. The van der Waals surface area contributed by atoms with Gasteiger partial charge in [0.05, 0.1) is 5.75 Å². The van der Waals surface area contributed by atoms with Gasteiger partial charge in [-0.1, -0.05) is 26.0 Å². The Morgan fingerprint density at radius 2 is 2.00 bits per heavy atom. The molecule has 114 valence electrons. The normalized spacial score (nSPS) is 11.2. The lowest BCUT2D eigenvalue weighted by molar-refractivity contribution is 0.552. The molecule has 1 heterocycles. The zero-order chi connectivity index (χ0) is 15.1. The maximum absolute atomic E-state index is 4.41. The van der Waals surface area contributed by atoms with Gasteiger partial charge in [-0.3, -0.25) is 0 Å². The monoisotopic (exact) mass is 303 g/mol. The number of thioether (sulfide) groups is 1. The largest absolute Gasteiger partial charge is 0.335 e. The predicted molar refractivity (Wildman–Crippen MR) is 90.4 cm³/mol. The fourth-order valence-electron chi connectivity index (χ4n) is 2.12. The smallest absolute Gasteiger partial charge is 0.119 e. The van der Waals surface area contributed by atoms with E-state index in [4.69, 9.17) is 0 Å². The minimum atomic E-state index is 0.696. The third-order valence-electron chi connectivity index (χ3n) is 3.32. The van der Waals surface area contributed by atoms with Crippen LogP contribution in [0.1, 0.15) is 32.2 Å². The molecule has 0 spiro atoms. The Morgan fingerprint density at radius 3 is 2.67 bits per heavy atom. The van der Waals surface area contributed by atoms with Crippen LogP contribution in [0.4, 0.5) is 0 Å². The van der Waals surface area contributed by atoms with Crippen LogP contribution in [0, 0.1) is 5.92 Å². The second kappa shape index (κ2) is 8.25. The Bertz CT molecular complexity index is 531. The van der Waals surface area contributed by atoms with Gasteiger partial charge in [0.1, 0.15) is 5.82 Å². The lowest BCUT2D eigenvalue weighted by Crippen LogP contribution is -2.18. The van der Waals surface area contributed by atoms with E-state index in [0.717, 1.165) is 31.2 Å². The topological polar surface area (TPSA) is 29.9 Å². The molecule has 0 fully saturated rings. The van der Waals surface area contributed by atoms with E-state index in [2.05, 4.69) is 59.9 Å². The number of aryl methyl sites for hydroxylation is 1. The molecule has 1 aromatic heterocycles. The highest BCUT2D eigenvalue weighted by atomic mass is 32.2. The molecule has 0 bridgehead atoms. The van der Waals surface area contributed by atoms with Gasteiger partial charge < -0.3 is 9.88 Å². The molecule has 0 saturated heterocycles. The van der Waals surface area contributed by atoms with Crippen LogP contribution in [0.3, 0.4) is 0 Å². The van der Waals surface area contributed by atoms with Gasteiger partial charge in [-0.25, -0.2) is 4.98 Å². The molecule has 0 aliphatic rings. The van der Waals surface area contributed by atoms with Crippen LogP contribution in [0.2, 0.25) is 0 Å². The highest BCUT2D eigenvalue weighted by Gasteiger charge is 2.02. The first-order chi connectivity index (χ1) is 10.2. The number of nitrogens with one attached hydrogen (secondary N) is 1. The number of benzene rings is 1. The fraction of sp³-hybridized carbons (Fsp3) is 0.471. The van der Waals surface area contributed by atoms with Crippen molar-refractivity contribution in [3.63, 3.8) is 0 Å². The van der Waals surface area contributed by atoms with E-state index >= 15 is 0 Å². The average Bonchev–Trinajstić information content (AvgIpc) is 2.93.